The highest BCUT2D eigenvalue weighted by Gasteiger charge is 2.38. The van der Waals surface area contributed by atoms with E-state index < -0.39 is 12.1 Å². The van der Waals surface area contributed by atoms with Crippen molar-refractivity contribution in [2.24, 2.45) is 5.92 Å². The number of carbonyl (C=O) groups is 5. The minimum Gasteiger partial charge on any atom is -0.340 e. The molecule has 2 aliphatic heterocycles. The molecular formula is C52H59N9O5. The molecule has 7 amide bonds. The summed E-state index contributed by atoms with van der Waals surface area (Å²) in [6.07, 6.45) is 12.1. The highest BCUT2D eigenvalue weighted by molar-refractivity contribution is 5.95. The summed E-state index contributed by atoms with van der Waals surface area (Å²) < 4.78 is 0. The third-order valence-electron chi connectivity index (χ3n) is 13.7. The van der Waals surface area contributed by atoms with Gasteiger partial charge in [-0.25, -0.2) is 14.6 Å². The van der Waals surface area contributed by atoms with E-state index in [2.05, 4.69) is 31.6 Å². The second kappa shape index (κ2) is 20.5. The van der Waals surface area contributed by atoms with Gasteiger partial charge in [0.25, 0.3) is 0 Å². The zero-order chi connectivity index (χ0) is 45.4. The summed E-state index contributed by atoms with van der Waals surface area (Å²) in [6, 6.07) is 32.2. The van der Waals surface area contributed by atoms with Gasteiger partial charge in [0.05, 0.1) is 23.9 Å². The number of imidazole rings is 1. The van der Waals surface area contributed by atoms with Crippen molar-refractivity contribution < 1.29 is 24.0 Å². The van der Waals surface area contributed by atoms with Crippen LogP contribution in [0.3, 0.4) is 0 Å². The Bertz CT molecular complexity index is 2470. The molecule has 4 aliphatic rings. The van der Waals surface area contributed by atoms with E-state index in [1.165, 1.54) is 0 Å². The lowest BCUT2D eigenvalue weighted by atomic mass is 10.0. The van der Waals surface area contributed by atoms with Crippen LogP contribution in [-0.4, -0.2) is 81.3 Å². The van der Waals surface area contributed by atoms with Gasteiger partial charge >= 0.3 is 12.1 Å². The fourth-order valence-electron chi connectivity index (χ4n) is 10.0. The molecular weight excluding hydrogens is 831 g/mol. The summed E-state index contributed by atoms with van der Waals surface area (Å²) in [7, 11) is 0. The summed E-state index contributed by atoms with van der Waals surface area (Å²) in [4.78, 5) is 79.4. The molecule has 1 aromatic heterocycles. The third kappa shape index (κ3) is 10.4. The number of anilines is 1. The predicted octanol–water partition coefficient (Wildman–Crippen LogP) is 8.16. The Hall–Kier alpha value is -6.96. The standard InChI is InChI=1S/C52H59N9O5/c62-48(39-29-31-60(33-39)49(63)45(37-12-3-1-4-13-37)58-51(65)55-40-16-7-8-17-40)54-42-27-25-35(26-28-42)34-21-23-36(24-22-34)43-32-53-47(57-43)44-20-11-30-61(44)50(64)46(38-14-5-2-6-15-38)59-52(66)56-41-18-9-10-19-41/h1-6,12-15,21-28,32,39-41,44-46H,7-11,16-20,29-31,33H2,(H,53,57)(H,54,62)(H2,55,58,65)(H2,56,59,66)/t39-,44+,45+,46-/m1/s1. The van der Waals surface area contributed by atoms with Crippen LogP contribution >= 0.6 is 0 Å². The molecule has 2 saturated carbocycles. The minimum absolute atomic E-state index is 0.121. The number of aromatic amines is 1. The summed E-state index contributed by atoms with van der Waals surface area (Å²) in [5, 5.41) is 15.0. The Morgan fingerprint density at radius 1 is 0.576 bits per heavy atom. The van der Waals surface area contributed by atoms with E-state index in [0.29, 0.717) is 36.6 Å². The van der Waals surface area contributed by atoms with Gasteiger partial charge in [-0.3, -0.25) is 14.4 Å². The van der Waals surface area contributed by atoms with E-state index in [4.69, 9.17) is 4.98 Å². The Morgan fingerprint density at radius 2 is 1.11 bits per heavy atom. The SMILES string of the molecule is O=C(NC1CCCC1)N[C@H](C(=O)N1CC[C@@H](C(=O)Nc2ccc(-c3ccc(-c4cnc([C@@H]5CCCN5C(=O)[C@H](NC(=O)NC5CCCC5)c5ccccc5)[nH]4)cc3)cc2)C1)c1ccccc1. The molecule has 0 radical (unpaired) electrons. The van der Waals surface area contributed by atoms with Gasteiger partial charge in [0.1, 0.15) is 17.9 Å². The monoisotopic (exact) mass is 889 g/mol. The Labute approximate surface area is 385 Å². The lowest BCUT2D eigenvalue weighted by molar-refractivity contribution is -0.134. The molecule has 0 bridgehead atoms. The first-order valence-corrected chi connectivity index (χ1v) is 23.7. The molecule has 14 nitrogen and oxygen atoms in total. The van der Waals surface area contributed by atoms with Crippen LogP contribution in [0.5, 0.6) is 0 Å². The first-order valence-electron chi connectivity index (χ1n) is 23.7. The number of carbonyl (C=O) groups excluding carboxylic acids is 5. The largest absolute Gasteiger partial charge is 0.340 e. The highest BCUT2D eigenvalue weighted by Crippen LogP contribution is 2.35. The van der Waals surface area contributed by atoms with Gasteiger partial charge in [-0.05, 0) is 84.9 Å². The van der Waals surface area contributed by atoms with Gasteiger partial charge in [0.15, 0.2) is 0 Å². The lowest BCUT2D eigenvalue weighted by Crippen LogP contribution is -2.48. The minimum atomic E-state index is -0.849. The zero-order valence-corrected chi connectivity index (χ0v) is 37.2. The quantitative estimate of drug-likeness (QED) is 0.0694. The van der Waals surface area contributed by atoms with Gasteiger partial charge in [-0.2, -0.15) is 0 Å². The summed E-state index contributed by atoms with van der Waals surface area (Å²) in [5.74, 6) is -0.199. The fraction of sp³-hybridized carbons (Fsp3) is 0.385. The van der Waals surface area contributed by atoms with Crippen molar-refractivity contribution in [3.8, 4) is 22.4 Å². The highest BCUT2D eigenvalue weighted by atomic mass is 16.2. The van der Waals surface area contributed by atoms with Crippen molar-refractivity contribution in [2.45, 2.75) is 101 Å². The molecule has 0 unspecified atom stereocenters. The third-order valence-corrected chi connectivity index (χ3v) is 13.7. The number of nitrogens with zero attached hydrogens (tertiary/aromatic N) is 3. The zero-order valence-electron chi connectivity index (χ0n) is 37.2. The van der Waals surface area contributed by atoms with Crippen LogP contribution in [-0.2, 0) is 14.4 Å². The van der Waals surface area contributed by atoms with E-state index in [-0.39, 0.29) is 60.4 Å². The van der Waals surface area contributed by atoms with Crippen molar-refractivity contribution >= 4 is 35.5 Å². The van der Waals surface area contributed by atoms with E-state index in [1.807, 2.05) is 114 Å². The molecule has 4 atom stereocenters. The normalized spacial score (nSPS) is 19.6. The van der Waals surface area contributed by atoms with E-state index in [1.54, 1.807) is 11.1 Å². The maximum Gasteiger partial charge on any atom is 0.315 e. The van der Waals surface area contributed by atoms with Crippen molar-refractivity contribution in [1.29, 1.82) is 0 Å². The number of urea groups is 2. The Balaban J connectivity index is 0.793. The predicted molar refractivity (Wildman–Crippen MR) is 253 cm³/mol. The number of nitrogens with one attached hydrogen (secondary N) is 6. The maximum atomic E-state index is 14.2. The van der Waals surface area contributed by atoms with E-state index >= 15 is 0 Å². The molecule has 5 aromatic rings. The lowest BCUT2D eigenvalue weighted by Gasteiger charge is -2.29. The number of aromatic nitrogens is 2. The average Bonchev–Trinajstić information content (AvgIpc) is 4.22. The van der Waals surface area contributed by atoms with Crippen LogP contribution in [0.15, 0.2) is 115 Å². The van der Waals surface area contributed by atoms with Gasteiger partial charge in [-0.1, -0.05) is 123 Å². The van der Waals surface area contributed by atoms with Crippen LogP contribution in [0.1, 0.15) is 106 Å². The van der Waals surface area contributed by atoms with Gasteiger partial charge in [-0.15, -0.1) is 0 Å². The number of rotatable bonds is 13. The van der Waals surface area contributed by atoms with E-state index in [0.717, 1.165) is 92.2 Å². The molecule has 6 N–H and O–H groups in total. The molecule has 9 rings (SSSR count). The number of H-pyrrole nitrogens is 1. The smallest absolute Gasteiger partial charge is 0.315 e. The molecule has 0 spiro atoms. The van der Waals surface area contributed by atoms with Crippen LogP contribution in [0.25, 0.3) is 22.4 Å². The number of benzene rings is 4. The number of amides is 7. The van der Waals surface area contributed by atoms with Gasteiger partial charge in [0.2, 0.25) is 17.7 Å². The average molecular weight is 890 g/mol. The molecule has 66 heavy (non-hydrogen) atoms. The second-order valence-corrected chi connectivity index (χ2v) is 18.2. The molecule has 14 heteroatoms. The van der Waals surface area contributed by atoms with Crippen LogP contribution in [0.2, 0.25) is 0 Å². The van der Waals surface area contributed by atoms with Crippen LogP contribution < -0.4 is 26.6 Å². The van der Waals surface area contributed by atoms with Crippen LogP contribution in [0, 0.1) is 5.92 Å². The molecule has 2 aliphatic carbocycles. The Morgan fingerprint density at radius 3 is 1.68 bits per heavy atom. The van der Waals surface area contributed by atoms with Gasteiger partial charge < -0.3 is 41.4 Å². The first-order chi connectivity index (χ1) is 32.3. The topological polar surface area (TPSA) is 181 Å². The summed E-state index contributed by atoms with van der Waals surface area (Å²) in [6.45, 7) is 1.27. The molecule has 4 fully saturated rings. The fourth-order valence-corrected chi connectivity index (χ4v) is 10.0. The second-order valence-electron chi connectivity index (χ2n) is 18.2. The molecule has 3 heterocycles. The van der Waals surface area contributed by atoms with E-state index in [9.17, 15) is 24.0 Å². The number of hydrogen-bond donors (Lipinski definition) is 6. The summed E-state index contributed by atoms with van der Waals surface area (Å²) in [5.41, 5.74) is 5.89. The van der Waals surface area contributed by atoms with Crippen molar-refractivity contribution in [1.82, 2.24) is 41.0 Å². The van der Waals surface area contributed by atoms with Crippen molar-refractivity contribution in [3.63, 3.8) is 0 Å². The summed E-state index contributed by atoms with van der Waals surface area (Å²) >= 11 is 0. The number of hydrogen-bond acceptors (Lipinski definition) is 6. The molecule has 2 saturated heterocycles. The molecule has 342 valence electrons. The van der Waals surface area contributed by atoms with Gasteiger partial charge in [0, 0.05) is 37.4 Å². The maximum absolute atomic E-state index is 14.2. The number of likely N-dealkylation sites (tertiary alicyclic amines) is 2. The Kier molecular flexibility index (Phi) is 13.7. The van der Waals surface area contributed by atoms with Crippen molar-refractivity contribution in [3.05, 3.63) is 132 Å². The molecule has 4 aromatic carbocycles. The van der Waals surface area contributed by atoms with Crippen molar-refractivity contribution in [2.75, 3.05) is 25.0 Å². The van der Waals surface area contributed by atoms with Crippen LogP contribution in [0.4, 0.5) is 15.3 Å². The first kappa shape index (κ1) is 44.3.